The molecule has 2 aliphatic carbocycles. The SMILES string of the molecule is N#Cc1cccc(-n2nc(C(=O)N3CCN(CC4CC4)CC3)c3c2-c2ccsc2CC3)c1. The first kappa shape index (κ1) is 19.7. The standard InChI is InChI=1S/C25H25N5OS/c26-15-18-2-1-3-19(14-18)30-24-20-8-13-32-22(20)7-6-21(24)23(27-30)25(31)29-11-9-28(10-12-29)16-17-4-5-17/h1-3,8,13-14,17H,4-7,9-12,16H2. The van der Waals surface area contributed by atoms with Gasteiger partial charge in [-0.1, -0.05) is 6.07 Å². The zero-order chi connectivity index (χ0) is 21.7. The maximum absolute atomic E-state index is 13.6. The Labute approximate surface area is 191 Å². The van der Waals surface area contributed by atoms with Gasteiger partial charge in [0.05, 0.1) is 23.0 Å². The lowest BCUT2D eigenvalue weighted by Crippen LogP contribution is -2.49. The van der Waals surface area contributed by atoms with E-state index < -0.39 is 0 Å². The number of amides is 1. The smallest absolute Gasteiger partial charge is 0.274 e. The summed E-state index contributed by atoms with van der Waals surface area (Å²) in [5.41, 5.74) is 5.22. The fraction of sp³-hybridized carbons (Fsp3) is 0.400. The van der Waals surface area contributed by atoms with Crippen LogP contribution in [0.4, 0.5) is 0 Å². The van der Waals surface area contributed by atoms with E-state index in [1.807, 2.05) is 27.8 Å². The molecule has 1 aromatic carbocycles. The van der Waals surface area contributed by atoms with Crippen LogP contribution in [0.1, 0.15) is 39.3 Å². The van der Waals surface area contributed by atoms with Gasteiger partial charge in [0.25, 0.3) is 5.91 Å². The molecule has 0 atom stereocenters. The van der Waals surface area contributed by atoms with Gasteiger partial charge in [-0.2, -0.15) is 10.4 Å². The van der Waals surface area contributed by atoms with Crippen molar-refractivity contribution in [3.8, 4) is 23.0 Å². The fourth-order valence-corrected chi connectivity index (χ4v) is 5.84. The third-order valence-corrected chi connectivity index (χ3v) is 7.86. The minimum atomic E-state index is 0.0428. The Morgan fingerprint density at radius 1 is 1.16 bits per heavy atom. The number of thiophene rings is 1. The molecule has 3 heterocycles. The molecule has 1 saturated carbocycles. The highest BCUT2D eigenvalue weighted by atomic mass is 32.1. The minimum Gasteiger partial charge on any atom is -0.335 e. The summed E-state index contributed by atoms with van der Waals surface area (Å²) in [6.45, 7) is 4.61. The van der Waals surface area contributed by atoms with Crippen LogP contribution < -0.4 is 0 Å². The molecule has 3 aliphatic rings. The molecule has 3 aromatic rings. The van der Waals surface area contributed by atoms with E-state index in [9.17, 15) is 10.1 Å². The number of hydrogen-bond acceptors (Lipinski definition) is 5. The largest absolute Gasteiger partial charge is 0.335 e. The average Bonchev–Trinajstić information content (AvgIpc) is 3.36. The highest BCUT2D eigenvalue weighted by Gasteiger charge is 2.33. The predicted molar refractivity (Wildman–Crippen MR) is 124 cm³/mol. The second-order valence-electron chi connectivity index (χ2n) is 9.04. The summed E-state index contributed by atoms with van der Waals surface area (Å²) >= 11 is 1.76. The lowest BCUT2D eigenvalue weighted by atomic mass is 9.94. The Kier molecular flexibility index (Phi) is 4.85. The first-order valence-corrected chi connectivity index (χ1v) is 12.3. The van der Waals surface area contributed by atoms with Crippen molar-refractivity contribution in [1.82, 2.24) is 19.6 Å². The fourth-order valence-electron chi connectivity index (χ4n) is 4.96. The summed E-state index contributed by atoms with van der Waals surface area (Å²) in [6.07, 6.45) is 4.49. The van der Waals surface area contributed by atoms with E-state index >= 15 is 0 Å². The molecule has 0 N–H and O–H groups in total. The number of nitriles is 1. The molecule has 7 heteroatoms. The number of carbonyl (C=O) groups excluding carboxylic acids is 1. The molecule has 1 aliphatic heterocycles. The van der Waals surface area contributed by atoms with Crippen LogP contribution in [0.5, 0.6) is 0 Å². The highest BCUT2D eigenvalue weighted by Crippen LogP contribution is 2.40. The molecule has 2 fully saturated rings. The van der Waals surface area contributed by atoms with Crippen molar-refractivity contribution in [3.63, 3.8) is 0 Å². The van der Waals surface area contributed by atoms with E-state index in [0.29, 0.717) is 11.3 Å². The summed E-state index contributed by atoms with van der Waals surface area (Å²) in [6, 6.07) is 11.8. The number of carbonyl (C=O) groups is 1. The number of fused-ring (bicyclic) bond motifs is 3. The normalized spacial score (nSPS) is 18.2. The third-order valence-electron chi connectivity index (χ3n) is 6.88. The van der Waals surface area contributed by atoms with Gasteiger partial charge in [-0.05, 0) is 61.2 Å². The van der Waals surface area contributed by atoms with Crippen LogP contribution in [-0.4, -0.2) is 58.2 Å². The number of rotatable bonds is 4. The van der Waals surface area contributed by atoms with Gasteiger partial charge in [0.1, 0.15) is 0 Å². The van der Waals surface area contributed by atoms with Crippen molar-refractivity contribution in [2.24, 2.45) is 5.92 Å². The summed E-state index contributed by atoms with van der Waals surface area (Å²) in [4.78, 5) is 19.4. The van der Waals surface area contributed by atoms with Gasteiger partial charge in [-0.15, -0.1) is 11.3 Å². The first-order valence-electron chi connectivity index (χ1n) is 11.4. The molecule has 0 unspecified atom stereocenters. The van der Waals surface area contributed by atoms with Crippen LogP contribution in [0, 0.1) is 17.2 Å². The Bertz CT molecular complexity index is 1220. The molecule has 0 spiro atoms. The van der Waals surface area contributed by atoms with Crippen LogP contribution in [0.2, 0.25) is 0 Å². The van der Waals surface area contributed by atoms with Crippen molar-refractivity contribution in [2.75, 3.05) is 32.7 Å². The molecule has 1 saturated heterocycles. The summed E-state index contributed by atoms with van der Waals surface area (Å²) in [5, 5.41) is 16.4. The van der Waals surface area contributed by atoms with Gasteiger partial charge in [-0.3, -0.25) is 9.69 Å². The van der Waals surface area contributed by atoms with Crippen molar-refractivity contribution in [3.05, 3.63) is 57.4 Å². The van der Waals surface area contributed by atoms with Crippen molar-refractivity contribution >= 4 is 17.2 Å². The van der Waals surface area contributed by atoms with Gasteiger partial charge in [0, 0.05) is 48.7 Å². The third kappa shape index (κ3) is 3.44. The average molecular weight is 444 g/mol. The number of piperazine rings is 1. The van der Waals surface area contributed by atoms with Crippen molar-refractivity contribution in [2.45, 2.75) is 25.7 Å². The van der Waals surface area contributed by atoms with Gasteiger partial charge >= 0.3 is 0 Å². The summed E-state index contributed by atoms with van der Waals surface area (Å²) < 4.78 is 1.89. The monoisotopic (exact) mass is 443 g/mol. The molecule has 162 valence electrons. The maximum atomic E-state index is 13.6. The Balaban J connectivity index is 1.36. The maximum Gasteiger partial charge on any atom is 0.274 e. The quantitative estimate of drug-likeness (QED) is 0.616. The Hall–Kier alpha value is -2.95. The van der Waals surface area contributed by atoms with Gasteiger partial charge in [0.15, 0.2) is 5.69 Å². The lowest BCUT2D eigenvalue weighted by Gasteiger charge is -2.34. The van der Waals surface area contributed by atoms with E-state index in [2.05, 4.69) is 22.4 Å². The van der Waals surface area contributed by atoms with Gasteiger partial charge < -0.3 is 4.90 Å². The number of aryl methyl sites for hydroxylation is 1. The second kappa shape index (κ2) is 7.88. The number of nitrogens with zero attached hydrogens (tertiary/aromatic N) is 5. The van der Waals surface area contributed by atoms with Crippen LogP contribution >= 0.6 is 11.3 Å². The molecule has 2 aromatic heterocycles. The molecule has 0 bridgehead atoms. The Morgan fingerprint density at radius 3 is 2.78 bits per heavy atom. The van der Waals surface area contributed by atoms with Crippen molar-refractivity contribution < 1.29 is 4.79 Å². The van der Waals surface area contributed by atoms with Gasteiger partial charge in [0.2, 0.25) is 0 Å². The zero-order valence-electron chi connectivity index (χ0n) is 18.0. The molecule has 0 radical (unpaired) electrons. The molecular weight excluding hydrogens is 418 g/mol. The molecular formula is C25H25N5OS. The van der Waals surface area contributed by atoms with E-state index in [1.54, 1.807) is 17.4 Å². The number of aromatic nitrogens is 2. The number of benzene rings is 1. The van der Waals surface area contributed by atoms with Crippen molar-refractivity contribution in [1.29, 1.82) is 5.26 Å². The molecule has 6 nitrogen and oxygen atoms in total. The zero-order valence-corrected chi connectivity index (χ0v) is 18.8. The topological polar surface area (TPSA) is 65.2 Å². The lowest BCUT2D eigenvalue weighted by molar-refractivity contribution is 0.0624. The molecule has 1 amide bonds. The van der Waals surface area contributed by atoms with E-state index in [0.717, 1.165) is 61.9 Å². The number of hydrogen-bond donors (Lipinski definition) is 0. The van der Waals surface area contributed by atoms with Crippen LogP contribution in [-0.2, 0) is 12.8 Å². The van der Waals surface area contributed by atoms with E-state index in [4.69, 9.17) is 5.10 Å². The first-order chi connectivity index (χ1) is 15.7. The highest BCUT2D eigenvalue weighted by molar-refractivity contribution is 7.10. The molecule has 6 rings (SSSR count). The predicted octanol–water partition coefficient (Wildman–Crippen LogP) is 3.74. The van der Waals surface area contributed by atoms with Gasteiger partial charge in [-0.25, -0.2) is 4.68 Å². The summed E-state index contributed by atoms with van der Waals surface area (Å²) in [5.74, 6) is 0.921. The van der Waals surface area contributed by atoms with E-state index in [-0.39, 0.29) is 5.91 Å². The Morgan fingerprint density at radius 2 is 2.00 bits per heavy atom. The summed E-state index contributed by atoms with van der Waals surface area (Å²) in [7, 11) is 0. The second-order valence-corrected chi connectivity index (χ2v) is 10.0. The van der Waals surface area contributed by atoms with Crippen LogP contribution in [0.15, 0.2) is 35.7 Å². The van der Waals surface area contributed by atoms with E-state index in [1.165, 1.54) is 29.8 Å². The molecule has 32 heavy (non-hydrogen) atoms. The minimum absolute atomic E-state index is 0.0428. The van der Waals surface area contributed by atoms with Crippen LogP contribution in [0.25, 0.3) is 16.9 Å². The van der Waals surface area contributed by atoms with Crippen LogP contribution in [0.3, 0.4) is 0 Å².